The number of halogens is 1. The molecule has 0 bridgehead atoms. The molecule has 1 aromatic carbocycles. The van der Waals surface area contributed by atoms with Crippen molar-refractivity contribution in [2.45, 2.75) is 25.9 Å². The zero-order chi connectivity index (χ0) is 22.2. The molecule has 5 rings (SSSR count). The first-order valence-electron chi connectivity index (χ1n) is 10.4. The molecule has 160 valence electrons. The molecule has 3 aromatic heterocycles. The van der Waals surface area contributed by atoms with E-state index in [1.54, 1.807) is 0 Å². The number of aryl methyl sites for hydroxylation is 2. The molecule has 0 amide bonds. The number of nitrogens with zero attached hydrogens (tertiary/aromatic N) is 4. The topological polar surface area (TPSA) is 46.0 Å². The van der Waals surface area contributed by atoms with E-state index in [1.807, 2.05) is 43.6 Å². The summed E-state index contributed by atoms with van der Waals surface area (Å²) >= 11 is 9.47. The second kappa shape index (κ2) is 8.48. The van der Waals surface area contributed by atoms with Crippen molar-refractivity contribution < 1.29 is 0 Å². The minimum Gasteiger partial charge on any atom is -0.351 e. The normalized spacial score (nSPS) is 18.1. The number of nitrogens with one attached hydrogen (secondary N) is 1. The molecule has 4 aromatic rings. The highest BCUT2D eigenvalue weighted by atomic mass is 79.9. The monoisotopic (exact) mass is 503 g/mol. The van der Waals surface area contributed by atoms with Gasteiger partial charge in [-0.2, -0.15) is 0 Å². The summed E-state index contributed by atoms with van der Waals surface area (Å²) in [7, 11) is 0. The fourth-order valence-corrected chi connectivity index (χ4v) is 4.75. The highest BCUT2D eigenvalue weighted by Gasteiger charge is 2.42. The predicted molar refractivity (Wildman–Crippen MR) is 135 cm³/mol. The largest absolute Gasteiger partial charge is 0.351 e. The average molecular weight is 504 g/mol. The Bertz CT molecular complexity index is 1270. The molecule has 1 aliphatic rings. The van der Waals surface area contributed by atoms with Crippen LogP contribution in [0.5, 0.6) is 0 Å². The minimum atomic E-state index is -0.105. The van der Waals surface area contributed by atoms with E-state index in [4.69, 9.17) is 12.2 Å². The zero-order valence-electron chi connectivity index (χ0n) is 17.7. The van der Waals surface area contributed by atoms with Crippen molar-refractivity contribution in [3.8, 4) is 5.82 Å². The van der Waals surface area contributed by atoms with Gasteiger partial charge in [0.15, 0.2) is 5.11 Å². The lowest BCUT2D eigenvalue weighted by Crippen LogP contribution is -2.30. The number of rotatable bonds is 4. The highest BCUT2D eigenvalue weighted by Crippen LogP contribution is 2.42. The molecule has 7 heteroatoms. The van der Waals surface area contributed by atoms with E-state index in [2.05, 4.69) is 90.2 Å². The standard InChI is InChI=1S/C25H22BrN5S/c1-16-8-11-22(28-15-16)30-13-5-7-21(30)24-23(20-6-3-4-12-27-20)29-25(32)31(24)18-9-10-19(26)17(2)14-18/h3-15,23-24H,1-2H3,(H,29,32)/t23-,24-/m0/s1. The lowest BCUT2D eigenvalue weighted by molar-refractivity contribution is 0.548. The van der Waals surface area contributed by atoms with E-state index in [1.165, 1.54) is 0 Å². The van der Waals surface area contributed by atoms with E-state index in [0.717, 1.165) is 38.5 Å². The molecular weight excluding hydrogens is 482 g/mol. The minimum absolute atomic E-state index is 0.101. The molecule has 1 N–H and O–H groups in total. The Kier molecular flexibility index (Phi) is 5.53. The summed E-state index contributed by atoms with van der Waals surface area (Å²) < 4.78 is 3.21. The molecule has 0 unspecified atom stereocenters. The van der Waals surface area contributed by atoms with Crippen molar-refractivity contribution in [1.29, 1.82) is 0 Å². The Morgan fingerprint density at radius 1 is 1.00 bits per heavy atom. The molecule has 5 nitrogen and oxygen atoms in total. The lowest BCUT2D eigenvalue weighted by atomic mass is 10.0. The van der Waals surface area contributed by atoms with Gasteiger partial charge in [0.2, 0.25) is 0 Å². The van der Waals surface area contributed by atoms with Crippen LogP contribution in [-0.4, -0.2) is 19.6 Å². The SMILES string of the molecule is Cc1ccc(-n2cccc2[C@H]2[C@H](c3ccccn3)NC(=S)N2c2ccc(Br)c(C)c2)nc1. The van der Waals surface area contributed by atoms with Crippen molar-refractivity contribution in [2.24, 2.45) is 0 Å². The molecule has 0 aliphatic carbocycles. The van der Waals surface area contributed by atoms with E-state index >= 15 is 0 Å². The first kappa shape index (κ1) is 20.8. The van der Waals surface area contributed by atoms with Crippen LogP contribution in [0.4, 0.5) is 5.69 Å². The first-order valence-corrected chi connectivity index (χ1v) is 11.6. The summed E-state index contributed by atoms with van der Waals surface area (Å²) in [6.07, 6.45) is 5.77. The number of benzene rings is 1. The van der Waals surface area contributed by atoms with Gasteiger partial charge in [0.25, 0.3) is 0 Å². The van der Waals surface area contributed by atoms with Crippen LogP contribution in [-0.2, 0) is 0 Å². The third-order valence-corrected chi connectivity index (χ3v) is 6.95. The Morgan fingerprint density at radius 2 is 1.88 bits per heavy atom. The molecule has 4 heterocycles. The van der Waals surface area contributed by atoms with Crippen molar-refractivity contribution in [3.63, 3.8) is 0 Å². The quantitative estimate of drug-likeness (QED) is 0.355. The number of anilines is 1. The summed E-state index contributed by atoms with van der Waals surface area (Å²) in [5.41, 5.74) is 5.35. The Hall–Kier alpha value is -3.03. The molecule has 0 radical (unpaired) electrons. The fraction of sp³-hybridized carbons (Fsp3) is 0.160. The van der Waals surface area contributed by atoms with E-state index < -0.39 is 0 Å². The molecule has 32 heavy (non-hydrogen) atoms. The van der Waals surface area contributed by atoms with Crippen LogP contribution >= 0.6 is 28.1 Å². The lowest BCUT2D eigenvalue weighted by Gasteiger charge is -2.29. The fourth-order valence-electron chi connectivity index (χ4n) is 4.16. The molecule has 1 aliphatic heterocycles. The van der Waals surface area contributed by atoms with Gasteiger partial charge in [-0.3, -0.25) is 4.98 Å². The summed E-state index contributed by atoms with van der Waals surface area (Å²) in [5.74, 6) is 0.875. The predicted octanol–water partition coefficient (Wildman–Crippen LogP) is 5.82. The average Bonchev–Trinajstić information content (AvgIpc) is 3.41. The summed E-state index contributed by atoms with van der Waals surface area (Å²) in [6.45, 7) is 4.13. The zero-order valence-corrected chi connectivity index (χ0v) is 20.1. The summed E-state index contributed by atoms with van der Waals surface area (Å²) in [6, 6.07) is 20.4. The van der Waals surface area contributed by atoms with Crippen LogP contribution in [0.15, 0.2) is 83.7 Å². The van der Waals surface area contributed by atoms with Crippen LogP contribution in [0.2, 0.25) is 0 Å². The van der Waals surface area contributed by atoms with Gasteiger partial charge in [-0.05, 0) is 85.7 Å². The van der Waals surface area contributed by atoms with Crippen LogP contribution in [0, 0.1) is 13.8 Å². The van der Waals surface area contributed by atoms with E-state index in [-0.39, 0.29) is 12.1 Å². The number of hydrogen-bond acceptors (Lipinski definition) is 3. The second-order valence-electron chi connectivity index (χ2n) is 7.93. The number of aromatic nitrogens is 3. The number of thiocarbonyl (C=S) groups is 1. The second-order valence-corrected chi connectivity index (χ2v) is 9.17. The summed E-state index contributed by atoms with van der Waals surface area (Å²) in [5, 5.41) is 4.21. The Morgan fingerprint density at radius 3 is 2.59 bits per heavy atom. The van der Waals surface area contributed by atoms with E-state index in [0.29, 0.717) is 5.11 Å². The van der Waals surface area contributed by atoms with Crippen molar-refractivity contribution in [3.05, 3.63) is 106 Å². The third kappa shape index (κ3) is 3.72. The molecule has 2 atom stereocenters. The van der Waals surface area contributed by atoms with Crippen molar-refractivity contribution >= 4 is 38.9 Å². The Labute approximate surface area is 201 Å². The maximum atomic E-state index is 5.85. The van der Waals surface area contributed by atoms with Gasteiger partial charge < -0.3 is 14.8 Å². The van der Waals surface area contributed by atoms with Crippen LogP contribution in [0.1, 0.15) is 34.6 Å². The van der Waals surface area contributed by atoms with Gasteiger partial charge in [0, 0.05) is 34.4 Å². The van der Waals surface area contributed by atoms with Crippen molar-refractivity contribution in [2.75, 3.05) is 4.90 Å². The maximum Gasteiger partial charge on any atom is 0.174 e. The molecule has 1 saturated heterocycles. The van der Waals surface area contributed by atoms with Crippen molar-refractivity contribution in [1.82, 2.24) is 19.9 Å². The molecule has 0 saturated carbocycles. The molecule has 1 fully saturated rings. The van der Waals surface area contributed by atoms with Gasteiger partial charge in [0.05, 0.1) is 11.7 Å². The maximum absolute atomic E-state index is 5.85. The van der Waals surface area contributed by atoms with Gasteiger partial charge in [0.1, 0.15) is 11.9 Å². The number of pyridine rings is 2. The molecular formula is C25H22BrN5S. The van der Waals surface area contributed by atoms with E-state index in [9.17, 15) is 0 Å². The summed E-state index contributed by atoms with van der Waals surface area (Å²) in [4.78, 5) is 11.5. The van der Waals surface area contributed by atoms with Gasteiger partial charge in [-0.25, -0.2) is 4.98 Å². The van der Waals surface area contributed by atoms with Crippen LogP contribution < -0.4 is 10.2 Å². The highest BCUT2D eigenvalue weighted by molar-refractivity contribution is 9.10. The van der Waals surface area contributed by atoms with Gasteiger partial charge in [-0.15, -0.1) is 0 Å². The van der Waals surface area contributed by atoms with Gasteiger partial charge in [-0.1, -0.05) is 28.1 Å². The van der Waals surface area contributed by atoms with Crippen LogP contribution in [0.3, 0.4) is 0 Å². The third-order valence-electron chi connectivity index (χ3n) is 5.74. The first-order chi connectivity index (χ1) is 15.5. The van der Waals surface area contributed by atoms with Crippen LogP contribution in [0.25, 0.3) is 5.82 Å². The van der Waals surface area contributed by atoms with Gasteiger partial charge >= 0.3 is 0 Å². The molecule has 0 spiro atoms. The smallest absolute Gasteiger partial charge is 0.174 e. The Balaban J connectivity index is 1.67. The number of hydrogen-bond donors (Lipinski definition) is 1.